The number of benzene rings is 2. The number of hydrogen-bond acceptors (Lipinski definition) is 11. The van der Waals surface area contributed by atoms with Gasteiger partial charge in [0.15, 0.2) is 34.4 Å². The lowest BCUT2D eigenvalue weighted by atomic mass is 10.0. The van der Waals surface area contributed by atoms with Crippen LogP contribution in [0.1, 0.15) is 54.2 Å². The van der Waals surface area contributed by atoms with Crippen LogP contribution in [0.15, 0.2) is 36.4 Å². The zero-order valence-corrected chi connectivity index (χ0v) is 27.8. The van der Waals surface area contributed by atoms with Crippen molar-refractivity contribution in [1.29, 1.82) is 0 Å². The Morgan fingerprint density at radius 2 is 1.28 bits per heavy atom. The molecule has 0 amide bonds. The Balaban J connectivity index is 2.40. The van der Waals surface area contributed by atoms with E-state index in [1.165, 1.54) is 32.4 Å². The highest BCUT2D eigenvalue weighted by atomic mass is 32.2. The molecule has 0 spiro atoms. The number of nitrogens with zero attached hydrogens (tertiary/aromatic N) is 1. The average Bonchev–Trinajstić information content (AvgIpc) is 3.30. The van der Waals surface area contributed by atoms with Gasteiger partial charge in [0, 0.05) is 6.54 Å². The Morgan fingerprint density at radius 3 is 1.77 bits per heavy atom. The largest absolute Gasteiger partial charge is 0.534 e. The van der Waals surface area contributed by atoms with Gasteiger partial charge >= 0.3 is 27.6 Å². The molecule has 258 valence electrons. The van der Waals surface area contributed by atoms with Crippen LogP contribution in [-0.2, 0) is 32.6 Å². The van der Waals surface area contributed by atoms with E-state index in [2.05, 4.69) is 4.18 Å². The fourth-order valence-electron chi connectivity index (χ4n) is 4.58. The number of aryl methyl sites for hydroxylation is 1. The lowest BCUT2D eigenvalue weighted by Gasteiger charge is -2.16. The second kappa shape index (κ2) is 14.9. The molecule has 1 heterocycles. The van der Waals surface area contributed by atoms with Crippen LogP contribution in [0.3, 0.4) is 0 Å². The third-order valence-corrected chi connectivity index (χ3v) is 7.44. The number of carbonyl (C=O) groups is 2. The minimum absolute atomic E-state index is 0.0519. The van der Waals surface area contributed by atoms with Gasteiger partial charge < -0.3 is 37.2 Å². The van der Waals surface area contributed by atoms with Crippen LogP contribution in [0.2, 0.25) is 0 Å². The Kier molecular flexibility index (Phi) is 11.7. The van der Waals surface area contributed by atoms with Crippen molar-refractivity contribution >= 4 is 22.1 Å². The predicted molar refractivity (Wildman–Crippen MR) is 163 cm³/mol. The van der Waals surface area contributed by atoms with E-state index in [0.717, 1.165) is 18.8 Å². The molecule has 0 unspecified atom stereocenters. The minimum Gasteiger partial charge on any atom is -0.493 e. The number of alkyl halides is 3. The monoisotopic (exact) mass is 687 g/mol. The fraction of sp³-hybridized carbons (Fsp3) is 0.419. The molecule has 0 aliphatic carbocycles. The van der Waals surface area contributed by atoms with Gasteiger partial charge in [0.05, 0.1) is 46.2 Å². The molecule has 0 N–H and O–H groups in total. The number of halogens is 3. The number of methoxy groups -OCH3 is 4. The molecule has 3 aromatic rings. The van der Waals surface area contributed by atoms with E-state index in [1.54, 1.807) is 32.0 Å². The summed E-state index contributed by atoms with van der Waals surface area (Å²) in [6.07, 6.45) is -0.562. The molecule has 0 saturated carbocycles. The topological polar surface area (TPSA) is 138 Å². The second-order valence-corrected chi connectivity index (χ2v) is 12.0. The average molecular weight is 688 g/mol. The van der Waals surface area contributed by atoms with E-state index in [1.807, 2.05) is 13.8 Å². The summed E-state index contributed by atoms with van der Waals surface area (Å²) in [5.74, 6) is -2.37. The van der Waals surface area contributed by atoms with Crippen LogP contribution in [0.4, 0.5) is 13.2 Å². The predicted octanol–water partition coefficient (Wildman–Crippen LogP) is 5.79. The summed E-state index contributed by atoms with van der Waals surface area (Å²) in [7, 11) is -1.62. The van der Waals surface area contributed by atoms with Crippen molar-refractivity contribution in [2.24, 2.45) is 0 Å². The molecular weight excluding hydrogens is 651 g/mol. The number of carbonyl (C=O) groups excluding carboxylic acids is 2. The maximum absolute atomic E-state index is 13.7. The van der Waals surface area contributed by atoms with E-state index in [0.29, 0.717) is 17.1 Å². The minimum atomic E-state index is -6.37. The Labute approximate surface area is 270 Å². The lowest BCUT2D eigenvalue weighted by molar-refractivity contribution is -0.0500. The van der Waals surface area contributed by atoms with Gasteiger partial charge in [-0.2, -0.15) is 21.6 Å². The molecule has 0 radical (unpaired) electrons. The Bertz CT molecular complexity index is 1710. The van der Waals surface area contributed by atoms with Crippen LogP contribution in [-0.4, -0.2) is 71.1 Å². The summed E-state index contributed by atoms with van der Waals surface area (Å²) in [6, 6.07) is 8.98. The highest BCUT2D eigenvalue weighted by Gasteiger charge is 2.50. The van der Waals surface area contributed by atoms with Crippen molar-refractivity contribution in [2.75, 3.05) is 28.4 Å². The first-order valence-corrected chi connectivity index (χ1v) is 15.5. The van der Waals surface area contributed by atoms with Crippen molar-refractivity contribution in [3.8, 4) is 39.9 Å². The lowest BCUT2D eigenvalue weighted by Crippen LogP contribution is -2.29. The van der Waals surface area contributed by atoms with Crippen LogP contribution in [0, 0.1) is 0 Å². The Hall–Kier alpha value is -4.60. The first-order chi connectivity index (χ1) is 22.0. The SMILES string of the molecule is COC(=O)c1c(OS(=O)(=O)C(F)(F)F)c(-c2ccc(OC)c(OC(C)C)c2)c(C(=O)OC)n1CCc1ccc(OC)c(OC(C)C)c1. The smallest absolute Gasteiger partial charge is 0.493 e. The number of hydrogen-bond donors (Lipinski definition) is 0. The third-order valence-electron chi connectivity index (χ3n) is 6.48. The van der Waals surface area contributed by atoms with E-state index in [-0.39, 0.29) is 36.1 Å². The van der Waals surface area contributed by atoms with Crippen molar-refractivity contribution in [1.82, 2.24) is 4.57 Å². The van der Waals surface area contributed by atoms with Crippen LogP contribution in [0.5, 0.6) is 28.7 Å². The molecule has 0 aliphatic rings. The standard InChI is InChI=1S/C31H36F3NO11S/c1-17(2)44-23-15-19(9-11-21(23)40-5)13-14-35-26(29(36)42-7)25(20-10-12-22(41-6)24(16-20)45-18(3)4)28(27(35)30(37)43-8)46-47(38,39)31(32,33)34/h9-12,15-18H,13-14H2,1-8H3. The van der Waals surface area contributed by atoms with Gasteiger partial charge in [-0.1, -0.05) is 12.1 Å². The van der Waals surface area contributed by atoms with Gasteiger partial charge in [-0.3, -0.25) is 0 Å². The van der Waals surface area contributed by atoms with Gasteiger partial charge in [-0.15, -0.1) is 0 Å². The van der Waals surface area contributed by atoms with Gasteiger partial charge in [-0.25, -0.2) is 9.59 Å². The van der Waals surface area contributed by atoms with Crippen molar-refractivity contribution in [3.05, 3.63) is 53.3 Å². The molecule has 0 bridgehead atoms. The van der Waals surface area contributed by atoms with Crippen LogP contribution < -0.4 is 23.1 Å². The van der Waals surface area contributed by atoms with Crippen LogP contribution >= 0.6 is 0 Å². The quantitative estimate of drug-likeness (QED) is 0.116. The molecule has 2 aromatic carbocycles. The number of esters is 2. The molecule has 16 heteroatoms. The molecule has 47 heavy (non-hydrogen) atoms. The van der Waals surface area contributed by atoms with Crippen LogP contribution in [0.25, 0.3) is 11.1 Å². The Morgan fingerprint density at radius 1 is 0.766 bits per heavy atom. The maximum atomic E-state index is 13.7. The van der Waals surface area contributed by atoms with E-state index in [9.17, 15) is 31.2 Å². The highest BCUT2D eigenvalue weighted by molar-refractivity contribution is 7.88. The molecule has 0 aliphatic heterocycles. The number of ether oxygens (including phenoxy) is 6. The van der Waals surface area contributed by atoms with Crippen molar-refractivity contribution in [2.45, 2.75) is 58.4 Å². The van der Waals surface area contributed by atoms with Gasteiger partial charge in [0.2, 0.25) is 0 Å². The van der Waals surface area contributed by atoms with Gasteiger partial charge in [0.25, 0.3) is 0 Å². The molecule has 0 saturated heterocycles. The summed E-state index contributed by atoms with van der Waals surface area (Å²) in [4.78, 5) is 26.7. The summed E-state index contributed by atoms with van der Waals surface area (Å²) in [5, 5.41) is 0. The van der Waals surface area contributed by atoms with Crippen molar-refractivity contribution < 1.29 is 63.8 Å². The molecule has 0 atom stereocenters. The molecule has 12 nitrogen and oxygen atoms in total. The first kappa shape index (κ1) is 36.9. The zero-order chi connectivity index (χ0) is 35.3. The highest BCUT2D eigenvalue weighted by Crippen LogP contribution is 2.45. The normalized spacial score (nSPS) is 11.8. The van der Waals surface area contributed by atoms with Gasteiger partial charge in [0.1, 0.15) is 5.69 Å². The maximum Gasteiger partial charge on any atom is 0.534 e. The number of aromatic nitrogens is 1. The summed E-state index contributed by atoms with van der Waals surface area (Å²) < 4.78 is 104. The van der Waals surface area contributed by atoms with E-state index >= 15 is 0 Å². The van der Waals surface area contributed by atoms with Gasteiger partial charge in [-0.05, 0) is 69.5 Å². The first-order valence-electron chi connectivity index (χ1n) is 14.1. The summed E-state index contributed by atoms with van der Waals surface area (Å²) in [6.45, 7) is 6.77. The summed E-state index contributed by atoms with van der Waals surface area (Å²) >= 11 is 0. The molecule has 3 rings (SSSR count). The zero-order valence-electron chi connectivity index (χ0n) is 27.0. The van der Waals surface area contributed by atoms with Crippen molar-refractivity contribution in [3.63, 3.8) is 0 Å². The van der Waals surface area contributed by atoms with E-state index in [4.69, 9.17) is 28.4 Å². The number of rotatable bonds is 14. The molecule has 1 aromatic heterocycles. The molecule has 0 fully saturated rings. The fourth-order valence-corrected chi connectivity index (χ4v) is 5.05. The second-order valence-electron chi connectivity index (χ2n) is 10.5. The van der Waals surface area contributed by atoms with E-state index < -0.39 is 56.4 Å². The summed E-state index contributed by atoms with van der Waals surface area (Å²) in [5.41, 5.74) is -7.13. The molecular formula is C31H36F3NO11S. The third kappa shape index (κ3) is 8.22.